The minimum absolute atomic E-state index is 0.150. The van der Waals surface area contributed by atoms with Gasteiger partial charge in [-0.05, 0) is 39.3 Å². The summed E-state index contributed by atoms with van der Waals surface area (Å²) in [5.41, 5.74) is 3.15. The van der Waals surface area contributed by atoms with Crippen molar-refractivity contribution < 1.29 is 9.53 Å². The number of benzene rings is 1. The third kappa shape index (κ3) is 3.66. The van der Waals surface area contributed by atoms with Gasteiger partial charge >= 0.3 is 0 Å². The maximum Gasteiger partial charge on any atom is 0.228 e. The monoisotopic (exact) mass is 461 g/mol. The van der Waals surface area contributed by atoms with Crippen LogP contribution < -0.4 is 4.90 Å². The minimum Gasteiger partial charge on any atom is -0.377 e. The number of carbonyl (C=O) groups is 1. The molecule has 7 nitrogen and oxygen atoms in total. The van der Waals surface area contributed by atoms with E-state index in [9.17, 15) is 4.79 Å². The number of nitrogens with one attached hydrogen (secondary N) is 1. The van der Waals surface area contributed by atoms with Crippen molar-refractivity contribution in [1.82, 2.24) is 19.9 Å². The highest BCUT2D eigenvalue weighted by molar-refractivity contribution is 5.93. The second-order valence-electron chi connectivity index (χ2n) is 11.1. The number of fused-ring (bicyclic) bond motifs is 2. The molecule has 2 aliphatic heterocycles. The predicted octanol–water partition coefficient (Wildman–Crippen LogP) is 4.52. The second kappa shape index (κ2) is 8.08. The van der Waals surface area contributed by atoms with E-state index in [1.807, 2.05) is 37.9 Å². The molecule has 7 heteroatoms. The average molecular weight is 462 g/mol. The molecule has 2 aromatic heterocycles. The number of aromatic nitrogens is 3. The summed E-state index contributed by atoms with van der Waals surface area (Å²) in [5, 5.41) is 1.10. The maximum atomic E-state index is 13.4. The van der Waals surface area contributed by atoms with Gasteiger partial charge in [0.05, 0.1) is 30.5 Å². The van der Waals surface area contributed by atoms with Gasteiger partial charge in [0.2, 0.25) is 5.91 Å². The van der Waals surface area contributed by atoms with Gasteiger partial charge in [-0.1, -0.05) is 32.9 Å². The molecule has 1 atom stereocenters. The van der Waals surface area contributed by atoms with Gasteiger partial charge in [-0.15, -0.1) is 0 Å². The first-order chi connectivity index (χ1) is 16.1. The van der Waals surface area contributed by atoms with Gasteiger partial charge in [0.1, 0.15) is 5.82 Å². The molecule has 3 aromatic rings. The van der Waals surface area contributed by atoms with Gasteiger partial charge in [-0.25, -0.2) is 9.97 Å². The molecule has 1 N–H and O–H groups in total. The number of carbonyl (C=O) groups excluding carboxylic acids is 1. The topological polar surface area (TPSA) is 74.3 Å². The van der Waals surface area contributed by atoms with Crippen molar-refractivity contribution in [3.63, 3.8) is 0 Å². The molecule has 34 heavy (non-hydrogen) atoms. The number of amides is 1. The normalized spacial score (nSPS) is 20.5. The van der Waals surface area contributed by atoms with E-state index in [-0.39, 0.29) is 11.9 Å². The number of rotatable bonds is 2. The molecule has 5 rings (SSSR count). The Balaban J connectivity index is 1.72. The molecule has 1 saturated heterocycles. The first-order valence-corrected chi connectivity index (χ1v) is 12.2. The van der Waals surface area contributed by atoms with E-state index in [0.29, 0.717) is 25.6 Å². The zero-order valence-electron chi connectivity index (χ0n) is 21.1. The van der Waals surface area contributed by atoms with Gasteiger partial charge in [-0.2, -0.15) is 0 Å². The number of ether oxygens (including phenoxy) is 1. The lowest BCUT2D eigenvalue weighted by atomic mass is 9.84. The molecule has 4 heterocycles. The molecule has 1 aromatic carbocycles. The van der Waals surface area contributed by atoms with E-state index in [1.165, 1.54) is 0 Å². The lowest BCUT2D eigenvalue weighted by Crippen LogP contribution is -2.54. The number of hydrogen-bond donors (Lipinski definition) is 1. The highest BCUT2D eigenvalue weighted by Gasteiger charge is 2.44. The summed E-state index contributed by atoms with van der Waals surface area (Å²) in [6.45, 7) is 15.2. The van der Waals surface area contributed by atoms with E-state index in [4.69, 9.17) is 14.7 Å². The SMILES string of the molecule is C[C@@H]1COCCN1c1nc(-c2cccc3[nH]ccc23)nc2c1CCN(C(=O)C(C)(C)C)C2(C)C. The van der Waals surface area contributed by atoms with Crippen molar-refractivity contribution in [3.8, 4) is 11.4 Å². The van der Waals surface area contributed by atoms with Crippen LogP contribution in [0.25, 0.3) is 22.3 Å². The summed E-state index contributed by atoms with van der Waals surface area (Å²) >= 11 is 0. The van der Waals surface area contributed by atoms with Gasteiger partial charge in [0.25, 0.3) is 0 Å². The Morgan fingerprint density at radius 1 is 1.18 bits per heavy atom. The maximum absolute atomic E-state index is 13.4. The molecule has 1 amide bonds. The highest BCUT2D eigenvalue weighted by Crippen LogP contribution is 2.41. The average Bonchev–Trinajstić information content (AvgIpc) is 3.27. The number of H-pyrrole nitrogens is 1. The summed E-state index contributed by atoms with van der Waals surface area (Å²) in [6.07, 6.45) is 2.69. The van der Waals surface area contributed by atoms with E-state index in [1.54, 1.807) is 0 Å². The van der Waals surface area contributed by atoms with Crippen molar-refractivity contribution in [2.24, 2.45) is 5.41 Å². The fourth-order valence-electron chi connectivity index (χ4n) is 5.28. The Morgan fingerprint density at radius 3 is 2.71 bits per heavy atom. The Kier molecular flexibility index (Phi) is 5.43. The number of nitrogens with zero attached hydrogens (tertiary/aromatic N) is 4. The van der Waals surface area contributed by atoms with E-state index >= 15 is 0 Å². The summed E-state index contributed by atoms with van der Waals surface area (Å²) in [7, 11) is 0. The first kappa shape index (κ1) is 22.8. The molecule has 0 unspecified atom stereocenters. The van der Waals surface area contributed by atoms with Crippen molar-refractivity contribution in [2.45, 2.75) is 59.5 Å². The summed E-state index contributed by atoms with van der Waals surface area (Å²) in [5.74, 6) is 1.84. The highest BCUT2D eigenvalue weighted by atomic mass is 16.5. The van der Waals surface area contributed by atoms with Gasteiger partial charge < -0.3 is 19.5 Å². The standard InChI is InChI=1S/C27H35N5O2/c1-17-16-34-15-14-31(17)24-20-11-13-32(25(33)26(2,3)4)27(5,6)22(20)29-23(30-24)19-8-7-9-21-18(19)10-12-28-21/h7-10,12,17,28H,11,13-16H2,1-6H3/t17-/m1/s1. The molecule has 0 saturated carbocycles. The zero-order valence-corrected chi connectivity index (χ0v) is 21.1. The molecular weight excluding hydrogens is 426 g/mol. The molecule has 0 radical (unpaired) electrons. The van der Waals surface area contributed by atoms with Crippen LogP contribution in [-0.2, 0) is 21.5 Å². The van der Waals surface area contributed by atoms with Crippen LogP contribution >= 0.6 is 0 Å². The van der Waals surface area contributed by atoms with Crippen molar-refractivity contribution in [3.05, 3.63) is 41.7 Å². The zero-order chi connectivity index (χ0) is 24.3. The summed E-state index contributed by atoms with van der Waals surface area (Å²) in [4.78, 5) is 31.5. The van der Waals surface area contributed by atoms with Crippen LogP contribution in [0, 0.1) is 5.41 Å². The second-order valence-corrected chi connectivity index (χ2v) is 11.1. The van der Waals surface area contributed by atoms with Crippen LogP contribution in [0.5, 0.6) is 0 Å². The quantitative estimate of drug-likeness (QED) is 0.608. The van der Waals surface area contributed by atoms with Crippen LogP contribution in [0.15, 0.2) is 30.5 Å². The summed E-state index contributed by atoms with van der Waals surface area (Å²) < 4.78 is 5.72. The fraction of sp³-hybridized carbons (Fsp3) is 0.519. The number of aromatic amines is 1. The van der Waals surface area contributed by atoms with Crippen LogP contribution in [-0.4, -0.2) is 58.1 Å². The molecular formula is C27H35N5O2. The van der Waals surface area contributed by atoms with Crippen LogP contribution in [0.3, 0.4) is 0 Å². The van der Waals surface area contributed by atoms with Crippen molar-refractivity contribution in [2.75, 3.05) is 31.2 Å². The largest absolute Gasteiger partial charge is 0.377 e. The van der Waals surface area contributed by atoms with E-state index < -0.39 is 11.0 Å². The van der Waals surface area contributed by atoms with E-state index in [2.05, 4.69) is 48.9 Å². The van der Waals surface area contributed by atoms with Gasteiger partial charge in [0, 0.05) is 46.7 Å². The molecule has 0 aliphatic carbocycles. The smallest absolute Gasteiger partial charge is 0.228 e. The van der Waals surface area contributed by atoms with Gasteiger partial charge in [-0.3, -0.25) is 4.79 Å². The Hall–Kier alpha value is -2.93. The van der Waals surface area contributed by atoms with Crippen LogP contribution in [0.2, 0.25) is 0 Å². The lowest BCUT2D eigenvalue weighted by molar-refractivity contribution is -0.146. The van der Waals surface area contributed by atoms with Crippen LogP contribution in [0.1, 0.15) is 52.8 Å². The molecule has 1 fully saturated rings. The molecule has 0 spiro atoms. The Labute approximate surface area is 201 Å². The Bertz CT molecular complexity index is 1240. The predicted molar refractivity (Wildman–Crippen MR) is 135 cm³/mol. The summed E-state index contributed by atoms with van der Waals surface area (Å²) in [6, 6.07) is 8.48. The van der Waals surface area contributed by atoms with Crippen molar-refractivity contribution >= 4 is 22.6 Å². The number of hydrogen-bond acceptors (Lipinski definition) is 5. The molecule has 0 bridgehead atoms. The lowest BCUT2D eigenvalue weighted by Gasteiger charge is -2.46. The fourth-order valence-corrected chi connectivity index (χ4v) is 5.28. The van der Waals surface area contributed by atoms with Crippen LogP contribution in [0.4, 0.5) is 5.82 Å². The molecule has 2 aliphatic rings. The molecule has 180 valence electrons. The minimum atomic E-state index is -0.550. The van der Waals surface area contributed by atoms with E-state index in [0.717, 1.165) is 46.5 Å². The number of morpholine rings is 1. The first-order valence-electron chi connectivity index (χ1n) is 12.2. The van der Waals surface area contributed by atoms with Gasteiger partial charge in [0.15, 0.2) is 5.82 Å². The third-order valence-corrected chi connectivity index (χ3v) is 7.19. The van der Waals surface area contributed by atoms with Crippen molar-refractivity contribution in [1.29, 1.82) is 0 Å². The third-order valence-electron chi connectivity index (χ3n) is 7.19. The Morgan fingerprint density at radius 2 is 1.97 bits per heavy atom. The number of anilines is 1.